The lowest BCUT2D eigenvalue weighted by Gasteiger charge is -2.25. The minimum Gasteiger partial charge on any atom is -0.387 e. The molecule has 0 aromatic heterocycles. The Morgan fingerprint density at radius 1 is 0.565 bits per heavy atom. The first-order valence-corrected chi connectivity index (χ1v) is 26.1. The topological polar surface area (TPSA) is 105 Å². The van der Waals surface area contributed by atoms with E-state index in [9.17, 15) is 19.4 Å². The molecule has 0 radical (unpaired) electrons. The predicted octanol–water partition coefficient (Wildman–Crippen LogP) is 14.3. The molecule has 0 heterocycles. The van der Waals surface area contributed by atoms with E-state index in [1.807, 2.05) is 27.2 Å². The van der Waals surface area contributed by atoms with Crippen molar-refractivity contribution in [3.05, 3.63) is 97.2 Å². The van der Waals surface area contributed by atoms with Crippen LogP contribution in [0.3, 0.4) is 0 Å². The summed E-state index contributed by atoms with van der Waals surface area (Å²) < 4.78 is 23.6. The molecule has 0 aliphatic heterocycles. The van der Waals surface area contributed by atoms with Crippen molar-refractivity contribution < 1.29 is 32.9 Å². The van der Waals surface area contributed by atoms with Gasteiger partial charge in [0.15, 0.2) is 0 Å². The van der Waals surface area contributed by atoms with E-state index in [1.165, 1.54) is 77.0 Å². The van der Waals surface area contributed by atoms with Gasteiger partial charge in [0.25, 0.3) is 0 Å². The highest BCUT2D eigenvalue weighted by atomic mass is 31.2. The van der Waals surface area contributed by atoms with E-state index in [4.69, 9.17) is 9.05 Å². The molecule has 0 bridgehead atoms. The zero-order valence-electron chi connectivity index (χ0n) is 40.3. The van der Waals surface area contributed by atoms with Crippen LogP contribution in [-0.4, -0.2) is 73.4 Å². The Balaban J connectivity index is 4.38. The Bertz CT molecular complexity index is 1330. The van der Waals surface area contributed by atoms with Crippen LogP contribution in [0.4, 0.5) is 0 Å². The molecular weight excluding hydrogens is 792 g/mol. The second kappa shape index (κ2) is 43.7. The van der Waals surface area contributed by atoms with Crippen LogP contribution >= 0.6 is 7.82 Å². The summed E-state index contributed by atoms with van der Waals surface area (Å²) >= 11 is 0. The summed E-state index contributed by atoms with van der Waals surface area (Å²) in [5.41, 5.74) is 0. The predicted molar refractivity (Wildman–Crippen MR) is 267 cm³/mol. The number of nitrogens with zero attached hydrogens (tertiary/aromatic N) is 1. The van der Waals surface area contributed by atoms with E-state index >= 15 is 0 Å². The fraction of sp³-hybridized carbons (Fsp3) is 0.679. The third-order valence-corrected chi connectivity index (χ3v) is 11.2. The van der Waals surface area contributed by atoms with Crippen LogP contribution in [0.5, 0.6) is 0 Å². The highest BCUT2D eigenvalue weighted by molar-refractivity contribution is 7.47. The van der Waals surface area contributed by atoms with Crippen LogP contribution < -0.4 is 5.32 Å². The van der Waals surface area contributed by atoms with Crippen molar-refractivity contribution in [3.63, 3.8) is 0 Å². The van der Waals surface area contributed by atoms with E-state index in [0.717, 1.165) is 83.5 Å². The zero-order chi connectivity index (χ0) is 45.7. The molecule has 0 rings (SSSR count). The van der Waals surface area contributed by atoms with Gasteiger partial charge in [0.1, 0.15) is 13.2 Å². The van der Waals surface area contributed by atoms with Crippen LogP contribution in [0.2, 0.25) is 0 Å². The number of aliphatic hydroxyl groups is 1. The first-order chi connectivity index (χ1) is 30.0. The number of unbranched alkanes of at least 4 members (excludes halogenated alkanes) is 16. The Hall–Kier alpha value is -2.58. The summed E-state index contributed by atoms with van der Waals surface area (Å²) in [4.78, 5) is 23.2. The molecule has 0 saturated carbocycles. The number of likely N-dealkylation sites (N-methyl/N-ethyl adjacent to an activating group) is 1. The Kier molecular flexibility index (Phi) is 41.8. The molecule has 356 valence electrons. The van der Waals surface area contributed by atoms with Crippen molar-refractivity contribution in [1.82, 2.24) is 5.32 Å². The van der Waals surface area contributed by atoms with Crippen molar-refractivity contribution in [1.29, 1.82) is 0 Å². The van der Waals surface area contributed by atoms with Gasteiger partial charge in [-0.3, -0.25) is 13.8 Å². The number of carbonyl (C=O) groups is 1. The number of allylic oxidation sites excluding steroid dienone is 15. The normalized spacial score (nSPS) is 15.0. The average Bonchev–Trinajstić information content (AvgIpc) is 3.23. The fourth-order valence-electron chi connectivity index (χ4n) is 6.39. The summed E-state index contributed by atoms with van der Waals surface area (Å²) in [6.45, 7) is 4.63. The number of rotatable bonds is 43. The number of hydrogen-bond acceptors (Lipinski definition) is 5. The van der Waals surface area contributed by atoms with Crippen LogP contribution in [0.15, 0.2) is 97.2 Å². The van der Waals surface area contributed by atoms with Crippen LogP contribution in [0, 0.1) is 0 Å². The van der Waals surface area contributed by atoms with E-state index in [-0.39, 0.29) is 19.1 Å². The second-order valence-corrected chi connectivity index (χ2v) is 18.9. The number of phosphoric acid groups is 1. The van der Waals surface area contributed by atoms with Gasteiger partial charge in [-0.2, -0.15) is 0 Å². The second-order valence-electron chi connectivity index (χ2n) is 17.4. The maximum absolute atomic E-state index is 12.9. The highest BCUT2D eigenvalue weighted by Gasteiger charge is 2.27. The van der Waals surface area contributed by atoms with Gasteiger partial charge in [0.05, 0.1) is 39.9 Å². The van der Waals surface area contributed by atoms with Crippen molar-refractivity contribution in [3.8, 4) is 0 Å². The lowest BCUT2D eigenvalue weighted by Crippen LogP contribution is -2.45. The standard InChI is InChI=1S/C53H93N2O6P/c1-6-8-10-12-14-16-18-20-22-23-24-25-26-27-28-29-30-31-33-35-37-39-41-43-45-47-53(57)54-51(50-61-62(58,59)60-49-48-55(3,4)5)52(56)46-44-42-40-38-36-34-32-21-19-17-15-13-11-9-7-2/h8,10,14,16,19-22,24-25,27-28,36,38,44,46,51-52,56H,6-7,9,11-13,15,17-18,23,26,29-35,37,39-43,45,47-50H2,1-5H3,(H-,54,57,58,59)/p+1/b10-8-,16-14-,21-19+,22-20-,25-24-,28-27-,38-36+,46-44+. The molecule has 1 amide bonds. The monoisotopic (exact) mass is 886 g/mol. The maximum atomic E-state index is 12.9. The van der Waals surface area contributed by atoms with Crippen molar-refractivity contribution in [2.75, 3.05) is 40.9 Å². The van der Waals surface area contributed by atoms with Crippen LogP contribution in [0.25, 0.3) is 0 Å². The molecule has 0 aromatic rings. The largest absolute Gasteiger partial charge is 0.472 e. The highest BCUT2D eigenvalue weighted by Crippen LogP contribution is 2.43. The molecule has 62 heavy (non-hydrogen) atoms. The lowest BCUT2D eigenvalue weighted by atomic mass is 10.1. The van der Waals surface area contributed by atoms with Crippen molar-refractivity contribution in [2.45, 2.75) is 193 Å². The Morgan fingerprint density at radius 2 is 0.984 bits per heavy atom. The number of aliphatic hydroxyl groups excluding tert-OH is 1. The fourth-order valence-corrected chi connectivity index (χ4v) is 7.13. The Morgan fingerprint density at radius 3 is 1.48 bits per heavy atom. The first-order valence-electron chi connectivity index (χ1n) is 24.6. The molecule has 3 atom stereocenters. The van der Waals surface area contributed by atoms with E-state index in [1.54, 1.807) is 6.08 Å². The number of nitrogens with one attached hydrogen (secondary N) is 1. The third kappa shape index (κ3) is 45.4. The summed E-state index contributed by atoms with van der Waals surface area (Å²) in [7, 11) is 1.52. The number of amides is 1. The van der Waals surface area contributed by atoms with E-state index in [2.05, 4.69) is 104 Å². The van der Waals surface area contributed by atoms with Gasteiger partial charge in [-0.1, -0.05) is 182 Å². The molecule has 9 heteroatoms. The van der Waals surface area contributed by atoms with Gasteiger partial charge in [-0.15, -0.1) is 0 Å². The number of phosphoric ester groups is 1. The molecule has 3 unspecified atom stereocenters. The van der Waals surface area contributed by atoms with Crippen LogP contribution in [-0.2, 0) is 18.4 Å². The SMILES string of the molecule is CC/C=C\C/C=C\C/C=C\C/C=C\C/C=C\CCCCCCCCCCCC(=O)NC(COP(=O)(O)OCC[N+](C)(C)C)C(O)/C=C/CC/C=C/CC/C=C/CCCCCCC. The first kappa shape index (κ1) is 59.4. The minimum absolute atomic E-state index is 0.0471. The number of hydrogen-bond donors (Lipinski definition) is 3. The van der Waals surface area contributed by atoms with Crippen LogP contribution in [0.1, 0.15) is 181 Å². The lowest BCUT2D eigenvalue weighted by molar-refractivity contribution is -0.870. The summed E-state index contributed by atoms with van der Waals surface area (Å²) in [6, 6.07) is -0.879. The summed E-state index contributed by atoms with van der Waals surface area (Å²) in [5.74, 6) is -0.203. The molecule has 0 fully saturated rings. The van der Waals surface area contributed by atoms with Gasteiger partial charge in [0, 0.05) is 6.42 Å². The van der Waals surface area contributed by atoms with Crippen molar-refractivity contribution >= 4 is 13.7 Å². The quantitative estimate of drug-likeness (QED) is 0.0244. The van der Waals surface area contributed by atoms with Gasteiger partial charge < -0.3 is 19.8 Å². The molecule has 0 aliphatic carbocycles. The number of carbonyl (C=O) groups excluding carboxylic acids is 1. The van der Waals surface area contributed by atoms with E-state index in [0.29, 0.717) is 17.4 Å². The van der Waals surface area contributed by atoms with E-state index < -0.39 is 20.0 Å². The molecule has 0 spiro atoms. The van der Waals surface area contributed by atoms with Gasteiger partial charge >= 0.3 is 7.82 Å². The molecule has 3 N–H and O–H groups in total. The molecule has 8 nitrogen and oxygen atoms in total. The molecule has 0 aliphatic rings. The summed E-state index contributed by atoms with van der Waals surface area (Å²) in [5, 5.41) is 13.8. The molecule has 0 aromatic carbocycles. The molecule has 0 saturated heterocycles. The molecular formula is C53H94N2O6P+. The summed E-state index contributed by atoms with van der Waals surface area (Å²) in [6.07, 6.45) is 62.0. The van der Waals surface area contributed by atoms with Gasteiger partial charge in [0.2, 0.25) is 5.91 Å². The van der Waals surface area contributed by atoms with Gasteiger partial charge in [-0.25, -0.2) is 4.57 Å². The van der Waals surface area contributed by atoms with Crippen molar-refractivity contribution in [2.24, 2.45) is 0 Å². The minimum atomic E-state index is -4.36. The smallest absolute Gasteiger partial charge is 0.387 e. The zero-order valence-corrected chi connectivity index (χ0v) is 41.2. The average molecular weight is 886 g/mol. The Labute approximate surface area is 381 Å². The maximum Gasteiger partial charge on any atom is 0.472 e. The third-order valence-electron chi connectivity index (χ3n) is 10.3. The number of quaternary nitrogens is 1. The van der Waals surface area contributed by atoms with Gasteiger partial charge in [-0.05, 0) is 89.9 Å².